The van der Waals surface area contributed by atoms with E-state index in [4.69, 9.17) is 16.0 Å². The van der Waals surface area contributed by atoms with Crippen LogP contribution in [0.1, 0.15) is 15.4 Å². The van der Waals surface area contributed by atoms with Crippen molar-refractivity contribution in [1.82, 2.24) is 9.80 Å². The smallest absolute Gasteiger partial charge is 0.289 e. The number of halogens is 1. The van der Waals surface area contributed by atoms with E-state index in [9.17, 15) is 9.59 Å². The number of carbonyl (C=O) groups is 1. The molecular formula is C19H17ClN2O3S. The molecule has 0 atom stereocenters. The van der Waals surface area contributed by atoms with Crippen LogP contribution in [0.15, 0.2) is 51.0 Å². The molecule has 0 N–H and O–H groups in total. The summed E-state index contributed by atoms with van der Waals surface area (Å²) in [6.45, 7) is 3.75. The predicted octanol–water partition coefficient (Wildman–Crippen LogP) is 3.47. The Bertz CT molecular complexity index is 992. The standard InChI is InChI=1S/C19H17ClN2O3S/c20-13-3-4-17-15(10-13)16(23)11-18(25-17)19(24)22-7-5-21(6-8-22)12-14-2-1-9-26-14/h1-4,9-11H,5-8,12H2. The summed E-state index contributed by atoms with van der Waals surface area (Å²) in [5, 5.41) is 2.92. The number of fused-ring (bicyclic) bond motifs is 1. The van der Waals surface area contributed by atoms with Gasteiger partial charge in [-0.25, -0.2) is 0 Å². The molecular weight excluding hydrogens is 372 g/mol. The van der Waals surface area contributed by atoms with Gasteiger partial charge in [0.1, 0.15) is 5.58 Å². The minimum atomic E-state index is -0.256. The van der Waals surface area contributed by atoms with Gasteiger partial charge >= 0.3 is 0 Å². The van der Waals surface area contributed by atoms with Gasteiger partial charge in [-0.05, 0) is 29.6 Å². The van der Waals surface area contributed by atoms with Gasteiger partial charge in [0.15, 0.2) is 11.2 Å². The molecule has 2 aromatic heterocycles. The Morgan fingerprint density at radius 3 is 2.69 bits per heavy atom. The molecule has 0 radical (unpaired) electrons. The number of thiophene rings is 1. The van der Waals surface area contributed by atoms with Crippen LogP contribution in [0.3, 0.4) is 0 Å². The third-order valence-corrected chi connectivity index (χ3v) is 5.62. The molecule has 26 heavy (non-hydrogen) atoms. The zero-order valence-electron chi connectivity index (χ0n) is 14.0. The molecule has 0 spiro atoms. The molecule has 4 rings (SSSR count). The summed E-state index contributed by atoms with van der Waals surface area (Å²) in [5.74, 6) is -0.161. The second-order valence-corrected chi connectivity index (χ2v) is 7.73. The van der Waals surface area contributed by atoms with Crippen LogP contribution in [0, 0.1) is 0 Å². The van der Waals surface area contributed by atoms with Crippen molar-refractivity contribution in [2.24, 2.45) is 0 Å². The normalized spacial score (nSPS) is 15.5. The van der Waals surface area contributed by atoms with E-state index in [0.29, 0.717) is 29.1 Å². The van der Waals surface area contributed by atoms with E-state index in [2.05, 4.69) is 22.4 Å². The van der Waals surface area contributed by atoms with Crippen molar-refractivity contribution in [2.75, 3.05) is 26.2 Å². The van der Waals surface area contributed by atoms with Crippen LogP contribution in [0.4, 0.5) is 0 Å². The quantitative estimate of drug-likeness (QED) is 0.689. The summed E-state index contributed by atoms with van der Waals surface area (Å²) in [4.78, 5) is 30.4. The third-order valence-electron chi connectivity index (χ3n) is 4.52. The number of hydrogen-bond donors (Lipinski definition) is 0. The number of piperazine rings is 1. The predicted molar refractivity (Wildman–Crippen MR) is 103 cm³/mol. The first-order valence-corrected chi connectivity index (χ1v) is 9.63. The highest BCUT2D eigenvalue weighted by atomic mass is 35.5. The average Bonchev–Trinajstić information content (AvgIpc) is 3.15. The van der Waals surface area contributed by atoms with Gasteiger partial charge in [-0.1, -0.05) is 17.7 Å². The first-order valence-electron chi connectivity index (χ1n) is 8.37. The molecule has 0 unspecified atom stereocenters. The lowest BCUT2D eigenvalue weighted by molar-refractivity contribution is 0.0599. The van der Waals surface area contributed by atoms with Crippen LogP contribution in [-0.4, -0.2) is 41.9 Å². The summed E-state index contributed by atoms with van der Waals surface area (Å²) < 4.78 is 5.66. The lowest BCUT2D eigenvalue weighted by atomic mass is 10.2. The molecule has 3 heterocycles. The van der Waals surface area contributed by atoms with E-state index >= 15 is 0 Å². The maximum atomic E-state index is 12.7. The van der Waals surface area contributed by atoms with Crippen LogP contribution < -0.4 is 5.43 Å². The number of benzene rings is 1. The van der Waals surface area contributed by atoms with Gasteiger partial charge in [0.05, 0.1) is 5.39 Å². The van der Waals surface area contributed by atoms with E-state index in [-0.39, 0.29) is 17.1 Å². The van der Waals surface area contributed by atoms with Crippen LogP contribution in [0.25, 0.3) is 11.0 Å². The number of rotatable bonds is 3. The molecule has 0 saturated carbocycles. The molecule has 0 bridgehead atoms. The summed E-state index contributed by atoms with van der Waals surface area (Å²) >= 11 is 7.66. The monoisotopic (exact) mass is 388 g/mol. The van der Waals surface area contributed by atoms with Crippen molar-refractivity contribution < 1.29 is 9.21 Å². The lowest BCUT2D eigenvalue weighted by Gasteiger charge is -2.34. The number of amides is 1. The largest absolute Gasteiger partial charge is 0.451 e. The highest BCUT2D eigenvalue weighted by Gasteiger charge is 2.24. The minimum absolute atomic E-state index is 0.0801. The molecule has 1 fully saturated rings. The zero-order chi connectivity index (χ0) is 18.1. The van der Waals surface area contributed by atoms with Crippen LogP contribution in [-0.2, 0) is 6.54 Å². The molecule has 5 nitrogen and oxygen atoms in total. The van der Waals surface area contributed by atoms with Crippen molar-refractivity contribution in [3.8, 4) is 0 Å². The summed E-state index contributed by atoms with van der Waals surface area (Å²) in [6.07, 6.45) is 0. The molecule has 1 aliphatic heterocycles. The Morgan fingerprint density at radius 1 is 1.15 bits per heavy atom. The SMILES string of the molecule is O=C(c1cc(=O)c2cc(Cl)ccc2o1)N1CCN(Cc2cccs2)CC1. The summed E-state index contributed by atoms with van der Waals surface area (Å²) in [5.41, 5.74) is 0.120. The van der Waals surface area contributed by atoms with Gasteiger partial charge < -0.3 is 9.32 Å². The highest BCUT2D eigenvalue weighted by molar-refractivity contribution is 7.09. The van der Waals surface area contributed by atoms with Crippen LogP contribution >= 0.6 is 22.9 Å². The Morgan fingerprint density at radius 2 is 1.96 bits per heavy atom. The Kier molecular flexibility index (Phi) is 4.80. The number of carbonyl (C=O) groups excluding carboxylic acids is 1. The molecule has 1 amide bonds. The fraction of sp³-hybridized carbons (Fsp3) is 0.263. The van der Waals surface area contributed by atoms with Crippen molar-refractivity contribution >= 4 is 39.8 Å². The second kappa shape index (κ2) is 7.23. The van der Waals surface area contributed by atoms with Crippen LogP contribution in [0.2, 0.25) is 5.02 Å². The molecule has 7 heteroatoms. The topological polar surface area (TPSA) is 53.8 Å². The fourth-order valence-corrected chi connectivity index (χ4v) is 4.04. The van der Waals surface area contributed by atoms with Gasteiger partial charge in [-0.2, -0.15) is 0 Å². The van der Waals surface area contributed by atoms with E-state index in [1.807, 2.05) is 0 Å². The molecule has 1 saturated heterocycles. The lowest BCUT2D eigenvalue weighted by Crippen LogP contribution is -2.48. The van der Waals surface area contributed by atoms with E-state index in [0.717, 1.165) is 19.6 Å². The maximum Gasteiger partial charge on any atom is 0.289 e. The highest BCUT2D eigenvalue weighted by Crippen LogP contribution is 2.19. The van der Waals surface area contributed by atoms with Crippen molar-refractivity contribution in [2.45, 2.75) is 6.54 Å². The molecule has 134 valence electrons. The van der Waals surface area contributed by atoms with Gasteiger partial charge in [-0.3, -0.25) is 14.5 Å². The van der Waals surface area contributed by atoms with E-state index < -0.39 is 0 Å². The van der Waals surface area contributed by atoms with Crippen molar-refractivity contribution in [3.05, 3.63) is 67.7 Å². The van der Waals surface area contributed by atoms with Gasteiger partial charge in [0.2, 0.25) is 0 Å². The minimum Gasteiger partial charge on any atom is -0.451 e. The fourth-order valence-electron chi connectivity index (χ4n) is 3.12. The molecule has 3 aromatic rings. The molecule has 0 aliphatic carbocycles. The maximum absolute atomic E-state index is 12.7. The van der Waals surface area contributed by atoms with Gasteiger partial charge in [-0.15, -0.1) is 11.3 Å². The van der Waals surface area contributed by atoms with Crippen LogP contribution in [0.5, 0.6) is 0 Å². The first kappa shape index (κ1) is 17.3. The van der Waals surface area contributed by atoms with E-state index in [1.165, 1.54) is 10.9 Å². The third kappa shape index (κ3) is 3.53. The Balaban J connectivity index is 1.47. The Labute approximate surface area is 159 Å². The average molecular weight is 389 g/mol. The number of nitrogens with zero attached hydrogens (tertiary/aromatic N) is 2. The van der Waals surface area contributed by atoms with Crippen molar-refractivity contribution in [3.63, 3.8) is 0 Å². The van der Waals surface area contributed by atoms with Gasteiger partial charge in [0.25, 0.3) is 5.91 Å². The first-order chi connectivity index (χ1) is 12.6. The van der Waals surface area contributed by atoms with Crippen molar-refractivity contribution in [1.29, 1.82) is 0 Å². The number of hydrogen-bond acceptors (Lipinski definition) is 5. The molecule has 1 aliphatic rings. The zero-order valence-corrected chi connectivity index (χ0v) is 15.6. The second-order valence-electron chi connectivity index (χ2n) is 6.26. The van der Waals surface area contributed by atoms with E-state index in [1.54, 1.807) is 34.4 Å². The van der Waals surface area contributed by atoms with Gasteiger partial charge in [0, 0.05) is 48.7 Å². The molecule has 1 aromatic carbocycles. The summed E-state index contributed by atoms with van der Waals surface area (Å²) in [7, 11) is 0. The Hall–Kier alpha value is -2.15. The summed E-state index contributed by atoms with van der Waals surface area (Å²) in [6, 6.07) is 10.3.